The van der Waals surface area contributed by atoms with Crippen molar-refractivity contribution < 1.29 is 18.3 Å². The van der Waals surface area contributed by atoms with Gasteiger partial charge in [-0.05, 0) is 25.7 Å². The fraction of sp³-hybridized carbons (Fsp3) is 0.800. The molecule has 0 radical (unpaired) electrons. The van der Waals surface area contributed by atoms with Crippen molar-refractivity contribution in [2.75, 3.05) is 31.1 Å². The van der Waals surface area contributed by atoms with Gasteiger partial charge in [0.25, 0.3) is 0 Å². The van der Waals surface area contributed by atoms with Crippen molar-refractivity contribution in [2.24, 2.45) is 5.92 Å². The molecule has 7 nitrogen and oxygen atoms in total. The predicted molar refractivity (Wildman–Crippen MR) is 86.1 cm³/mol. The van der Waals surface area contributed by atoms with Crippen LogP contribution in [-0.4, -0.2) is 71.6 Å². The van der Waals surface area contributed by atoms with E-state index in [1.165, 1.54) is 0 Å². The molecule has 0 spiro atoms. The van der Waals surface area contributed by atoms with Crippen LogP contribution in [0.5, 0.6) is 5.75 Å². The first-order valence-corrected chi connectivity index (χ1v) is 10.1. The summed E-state index contributed by atoms with van der Waals surface area (Å²) < 4.78 is 30.6. The number of hydrogen-bond acceptors (Lipinski definition) is 6. The van der Waals surface area contributed by atoms with Crippen molar-refractivity contribution in [3.05, 3.63) is 12.4 Å². The van der Waals surface area contributed by atoms with E-state index < -0.39 is 15.9 Å². The monoisotopic (exact) mass is 343 g/mol. The minimum Gasteiger partial charge on any atom is -0.483 e. The Kier molecular flexibility index (Phi) is 4.93. The van der Waals surface area contributed by atoms with Crippen LogP contribution < -0.4 is 4.74 Å². The Balaban J connectivity index is 1.50. The van der Waals surface area contributed by atoms with E-state index in [9.17, 15) is 13.5 Å². The summed E-state index contributed by atoms with van der Waals surface area (Å²) in [6.07, 6.45) is 4.18. The van der Waals surface area contributed by atoms with Gasteiger partial charge >= 0.3 is 0 Å². The van der Waals surface area contributed by atoms with Crippen LogP contribution in [0.15, 0.2) is 12.4 Å². The first-order chi connectivity index (χ1) is 10.9. The van der Waals surface area contributed by atoms with Gasteiger partial charge in [-0.1, -0.05) is 0 Å². The van der Waals surface area contributed by atoms with Gasteiger partial charge in [-0.25, -0.2) is 8.42 Å². The molecule has 0 saturated carbocycles. The Labute approximate surface area is 137 Å². The average molecular weight is 343 g/mol. The highest BCUT2D eigenvalue weighted by Gasteiger charge is 2.35. The summed E-state index contributed by atoms with van der Waals surface area (Å²) >= 11 is 0. The third-order valence-corrected chi connectivity index (χ3v) is 6.44. The average Bonchev–Trinajstić information content (AvgIpc) is 3.09. The molecule has 1 N–H and O–H groups in total. The Morgan fingerprint density at radius 2 is 2.09 bits per heavy atom. The maximum atomic E-state index is 11.5. The number of aliphatic hydroxyl groups excluding tert-OH is 1. The molecule has 0 amide bonds. The van der Waals surface area contributed by atoms with Crippen LogP contribution in [0.25, 0.3) is 0 Å². The molecule has 2 aliphatic heterocycles. The molecule has 1 aromatic heterocycles. The molecule has 23 heavy (non-hydrogen) atoms. The number of sulfone groups is 1. The molecule has 0 unspecified atom stereocenters. The van der Waals surface area contributed by atoms with Crippen LogP contribution in [0.3, 0.4) is 0 Å². The summed E-state index contributed by atoms with van der Waals surface area (Å²) in [6, 6.07) is 0. The minimum atomic E-state index is -2.81. The summed E-state index contributed by atoms with van der Waals surface area (Å²) in [5.41, 5.74) is 0. The van der Waals surface area contributed by atoms with E-state index in [0.29, 0.717) is 36.3 Å². The molecule has 2 aliphatic rings. The van der Waals surface area contributed by atoms with Gasteiger partial charge in [0.2, 0.25) is 0 Å². The molecule has 0 aliphatic carbocycles. The van der Waals surface area contributed by atoms with Crippen molar-refractivity contribution in [2.45, 2.75) is 38.5 Å². The zero-order valence-corrected chi connectivity index (χ0v) is 14.3. The SMILES string of the molecule is CCn1cc(O[C@@H]2CN(CC3CCS(=O)(=O)CC3)C[C@H]2O)cn1. The molecule has 1 aromatic rings. The van der Waals surface area contributed by atoms with E-state index in [1.54, 1.807) is 10.9 Å². The molecule has 2 saturated heterocycles. The Morgan fingerprint density at radius 1 is 1.35 bits per heavy atom. The minimum absolute atomic E-state index is 0.253. The van der Waals surface area contributed by atoms with Crippen LogP contribution in [0.4, 0.5) is 0 Å². The van der Waals surface area contributed by atoms with Crippen LogP contribution in [-0.2, 0) is 16.4 Å². The zero-order chi connectivity index (χ0) is 16.4. The summed E-state index contributed by atoms with van der Waals surface area (Å²) in [5, 5.41) is 14.4. The van der Waals surface area contributed by atoms with Gasteiger partial charge in [0, 0.05) is 26.2 Å². The summed E-state index contributed by atoms with van der Waals surface area (Å²) in [4.78, 5) is 2.18. The van der Waals surface area contributed by atoms with E-state index in [4.69, 9.17) is 4.74 Å². The van der Waals surface area contributed by atoms with E-state index in [2.05, 4.69) is 10.00 Å². The van der Waals surface area contributed by atoms with Crippen molar-refractivity contribution in [1.82, 2.24) is 14.7 Å². The number of aliphatic hydroxyl groups is 1. The summed E-state index contributed by atoms with van der Waals surface area (Å²) in [7, 11) is -2.81. The lowest BCUT2D eigenvalue weighted by Gasteiger charge is -2.26. The van der Waals surface area contributed by atoms with Gasteiger partial charge in [-0.3, -0.25) is 9.58 Å². The van der Waals surface area contributed by atoms with Gasteiger partial charge in [0.1, 0.15) is 22.0 Å². The molecule has 0 bridgehead atoms. The molecular weight excluding hydrogens is 318 g/mol. The van der Waals surface area contributed by atoms with Gasteiger partial charge in [-0.15, -0.1) is 0 Å². The number of ether oxygens (including phenoxy) is 1. The smallest absolute Gasteiger partial charge is 0.157 e. The highest BCUT2D eigenvalue weighted by Crippen LogP contribution is 2.24. The van der Waals surface area contributed by atoms with Crippen LogP contribution >= 0.6 is 0 Å². The largest absolute Gasteiger partial charge is 0.483 e. The number of aryl methyl sites for hydroxylation is 1. The molecular formula is C15H25N3O4S. The maximum Gasteiger partial charge on any atom is 0.157 e. The van der Waals surface area contributed by atoms with Gasteiger partial charge in [0.05, 0.1) is 23.9 Å². The molecule has 2 atom stereocenters. The summed E-state index contributed by atoms with van der Waals surface area (Å²) in [6.45, 7) is 4.87. The van der Waals surface area contributed by atoms with Crippen molar-refractivity contribution in [3.8, 4) is 5.75 Å². The molecule has 2 fully saturated rings. The second-order valence-corrected chi connectivity index (χ2v) is 8.87. The van der Waals surface area contributed by atoms with E-state index >= 15 is 0 Å². The predicted octanol–water partition coefficient (Wildman–Crippen LogP) is 0.152. The molecule has 0 aromatic carbocycles. The van der Waals surface area contributed by atoms with Crippen molar-refractivity contribution in [3.63, 3.8) is 0 Å². The number of nitrogens with zero attached hydrogens (tertiary/aromatic N) is 3. The molecule has 3 heterocycles. The Bertz CT molecular complexity index is 616. The van der Waals surface area contributed by atoms with Crippen LogP contribution in [0.1, 0.15) is 19.8 Å². The second kappa shape index (κ2) is 6.78. The Morgan fingerprint density at radius 3 is 2.74 bits per heavy atom. The van der Waals surface area contributed by atoms with Crippen molar-refractivity contribution in [1.29, 1.82) is 0 Å². The lowest BCUT2D eigenvalue weighted by Crippen LogP contribution is -2.34. The number of hydrogen-bond donors (Lipinski definition) is 1. The second-order valence-electron chi connectivity index (χ2n) is 6.57. The fourth-order valence-electron chi connectivity index (χ4n) is 3.34. The first-order valence-electron chi connectivity index (χ1n) is 8.25. The number of rotatable bonds is 5. The maximum absolute atomic E-state index is 11.5. The lowest BCUT2D eigenvalue weighted by atomic mass is 10.0. The standard InChI is InChI=1S/C15H25N3O4S/c1-2-18-9-13(7-16-18)22-15-11-17(10-14(15)19)8-12-3-5-23(20,21)6-4-12/h7,9,12,14-15,19H,2-6,8,10-11H2,1H3/t14-,15-/m1/s1. The quantitative estimate of drug-likeness (QED) is 0.819. The summed E-state index contributed by atoms with van der Waals surface area (Å²) in [5.74, 6) is 1.67. The van der Waals surface area contributed by atoms with Gasteiger partial charge < -0.3 is 9.84 Å². The van der Waals surface area contributed by atoms with Crippen molar-refractivity contribution >= 4 is 9.84 Å². The lowest BCUT2D eigenvalue weighted by molar-refractivity contribution is 0.0736. The van der Waals surface area contributed by atoms with Crippen LogP contribution in [0, 0.1) is 5.92 Å². The fourth-order valence-corrected chi connectivity index (χ4v) is 4.93. The third kappa shape index (κ3) is 4.24. The van der Waals surface area contributed by atoms with Crippen LogP contribution in [0.2, 0.25) is 0 Å². The Hall–Kier alpha value is -1.12. The van der Waals surface area contributed by atoms with Gasteiger partial charge in [-0.2, -0.15) is 5.10 Å². The van der Waals surface area contributed by atoms with E-state index in [0.717, 1.165) is 25.9 Å². The number of β-amino-alcohol motifs (C(OH)–C–C–N with tert-alkyl or cyclic N) is 1. The molecule has 130 valence electrons. The van der Waals surface area contributed by atoms with E-state index in [1.807, 2.05) is 13.1 Å². The third-order valence-electron chi connectivity index (χ3n) is 4.72. The highest BCUT2D eigenvalue weighted by molar-refractivity contribution is 7.91. The highest BCUT2D eigenvalue weighted by atomic mass is 32.2. The number of likely N-dealkylation sites (tertiary alicyclic amines) is 1. The normalized spacial score (nSPS) is 29.0. The first kappa shape index (κ1) is 16.7. The number of aromatic nitrogens is 2. The van der Waals surface area contributed by atoms with Gasteiger partial charge in [0.15, 0.2) is 5.75 Å². The topological polar surface area (TPSA) is 84.7 Å². The zero-order valence-electron chi connectivity index (χ0n) is 13.5. The molecule has 8 heteroatoms. The van der Waals surface area contributed by atoms with E-state index in [-0.39, 0.29) is 6.10 Å². The molecule has 3 rings (SSSR count).